The molecule has 0 bridgehead atoms. The highest BCUT2D eigenvalue weighted by Crippen LogP contribution is 2.37. The van der Waals surface area contributed by atoms with Gasteiger partial charge in [0.05, 0.1) is 12.3 Å². The van der Waals surface area contributed by atoms with Crippen LogP contribution in [0.5, 0.6) is 0 Å². The summed E-state index contributed by atoms with van der Waals surface area (Å²) in [5.41, 5.74) is 8.18. The molecule has 0 aromatic heterocycles. The summed E-state index contributed by atoms with van der Waals surface area (Å²) >= 11 is 0. The molecule has 1 atom stereocenters. The molecule has 2 N–H and O–H groups in total. The molecule has 0 unspecified atom stereocenters. The van der Waals surface area contributed by atoms with Crippen LogP contribution in [0.25, 0.3) is 0 Å². The summed E-state index contributed by atoms with van der Waals surface area (Å²) in [6.07, 6.45) is -0.218. The first-order valence-corrected chi connectivity index (χ1v) is 10.7. The lowest BCUT2D eigenvalue weighted by Crippen LogP contribution is -2.34. The SMILES string of the molecule is CCOC(=O)NNc1ccc([C@@]2(Cc3ccccc3)N=C(c3ccc(C)cc3)OC2=O)cc1. The van der Waals surface area contributed by atoms with E-state index in [1.807, 2.05) is 61.5 Å². The summed E-state index contributed by atoms with van der Waals surface area (Å²) in [7, 11) is 0. The number of nitrogens with zero attached hydrogens (tertiary/aromatic N) is 1. The van der Waals surface area contributed by atoms with Gasteiger partial charge in [-0.25, -0.2) is 20.0 Å². The van der Waals surface area contributed by atoms with Crippen molar-refractivity contribution in [3.63, 3.8) is 0 Å². The zero-order chi connectivity index (χ0) is 23.3. The van der Waals surface area contributed by atoms with E-state index in [1.165, 1.54) is 0 Å². The highest BCUT2D eigenvalue weighted by atomic mass is 16.6. The predicted molar refractivity (Wildman–Crippen MR) is 126 cm³/mol. The second-order valence-corrected chi connectivity index (χ2v) is 7.74. The number of amides is 1. The highest BCUT2D eigenvalue weighted by Gasteiger charge is 2.48. The van der Waals surface area contributed by atoms with Gasteiger partial charge < -0.3 is 9.47 Å². The molecule has 1 aliphatic rings. The number of esters is 1. The van der Waals surface area contributed by atoms with Crippen molar-refractivity contribution in [1.82, 2.24) is 5.43 Å². The molecule has 0 spiro atoms. The van der Waals surface area contributed by atoms with Crippen molar-refractivity contribution < 1.29 is 19.1 Å². The Labute approximate surface area is 192 Å². The van der Waals surface area contributed by atoms with Gasteiger partial charge in [0, 0.05) is 12.0 Å². The fourth-order valence-corrected chi connectivity index (χ4v) is 3.64. The Kier molecular flexibility index (Phi) is 6.40. The number of aryl methyl sites for hydroxylation is 1. The second-order valence-electron chi connectivity index (χ2n) is 7.74. The second kappa shape index (κ2) is 9.56. The van der Waals surface area contributed by atoms with Crippen LogP contribution in [0.2, 0.25) is 0 Å². The number of hydrogen-bond acceptors (Lipinski definition) is 6. The lowest BCUT2D eigenvalue weighted by Gasteiger charge is -2.23. The Morgan fingerprint density at radius 1 is 1.00 bits per heavy atom. The van der Waals surface area contributed by atoms with Crippen LogP contribution in [0.3, 0.4) is 0 Å². The Bertz CT molecular complexity index is 1160. The predicted octanol–water partition coefficient (Wildman–Crippen LogP) is 4.51. The number of hydrogen-bond donors (Lipinski definition) is 2. The molecule has 0 aliphatic carbocycles. The standard InChI is InChI=1S/C26H25N3O4/c1-3-32-25(31)29-28-22-15-13-21(14-16-22)26(17-19-7-5-4-6-8-19)24(30)33-23(27-26)20-11-9-18(2)10-12-20/h4-16,28H,3,17H2,1-2H3,(H,29,31)/t26-/m1/s1. The lowest BCUT2D eigenvalue weighted by molar-refractivity contribution is -0.139. The minimum atomic E-state index is -1.21. The van der Waals surface area contributed by atoms with Crippen LogP contribution in [-0.4, -0.2) is 24.6 Å². The third kappa shape index (κ3) is 4.87. The maximum atomic E-state index is 13.3. The Balaban J connectivity index is 1.67. The molecular formula is C26H25N3O4. The Hall–Kier alpha value is -4.13. The largest absolute Gasteiger partial charge is 0.449 e. The molecule has 3 aromatic carbocycles. The molecule has 4 rings (SSSR count). The maximum absolute atomic E-state index is 13.3. The van der Waals surface area contributed by atoms with E-state index in [-0.39, 0.29) is 6.61 Å². The number of cyclic esters (lactones) is 1. The van der Waals surface area contributed by atoms with Crippen LogP contribution < -0.4 is 10.9 Å². The number of benzene rings is 3. The van der Waals surface area contributed by atoms with E-state index in [4.69, 9.17) is 14.5 Å². The van der Waals surface area contributed by atoms with E-state index >= 15 is 0 Å². The third-order valence-corrected chi connectivity index (χ3v) is 5.37. The van der Waals surface area contributed by atoms with Gasteiger partial charge in [-0.2, -0.15) is 0 Å². The topological polar surface area (TPSA) is 89.0 Å². The van der Waals surface area contributed by atoms with Crippen LogP contribution in [0.4, 0.5) is 10.5 Å². The Morgan fingerprint density at radius 3 is 2.36 bits per heavy atom. The number of carbonyl (C=O) groups excluding carboxylic acids is 2. The van der Waals surface area contributed by atoms with Gasteiger partial charge in [-0.3, -0.25) is 5.43 Å². The van der Waals surface area contributed by atoms with Crippen LogP contribution in [-0.2, 0) is 26.2 Å². The zero-order valence-electron chi connectivity index (χ0n) is 18.5. The molecule has 0 radical (unpaired) electrons. The first-order valence-electron chi connectivity index (χ1n) is 10.7. The first-order chi connectivity index (χ1) is 16.0. The van der Waals surface area contributed by atoms with E-state index in [0.717, 1.165) is 16.7 Å². The fraction of sp³-hybridized carbons (Fsp3) is 0.192. The van der Waals surface area contributed by atoms with Gasteiger partial charge in [0.15, 0.2) is 5.54 Å². The molecule has 1 heterocycles. The molecule has 168 valence electrons. The minimum Gasteiger partial charge on any atom is -0.449 e. The van der Waals surface area contributed by atoms with Crippen molar-refractivity contribution in [3.8, 4) is 0 Å². The van der Waals surface area contributed by atoms with Gasteiger partial charge in [-0.15, -0.1) is 0 Å². The number of rotatable bonds is 7. The summed E-state index contributed by atoms with van der Waals surface area (Å²) in [4.78, 5) is 29.6. The molecule has 0 fully saturated rings. The van der Waals surface area contributed by atoms with E-state index < -0.39 is 17.6 Å². The third-order valence-electron chi connectivity index (χ3n) is 5.37. The summed E-state index contributed by atoms with van der Waals surface area (Å²) in [5.74, 6) is -0.116. The van der Waals surface area contributed by atoms with Crippen LogP contribution in [0, 0.1) is 6.92 Å². The molecule has 3 aromatic rings. The average Bonchev–Trinajstić information content (AvgIpc) is 3.16. The minimum absolute atomic E-state index is 0.276. The number of nitrogens with one attached hydrogen (secondary N) is 2. The molecule has 7 nitrogen and oxygen atoms in total. The molecule has 1 aliphatic heterocycles. The number of ether oxygens (including phenoxy) is 2. The number of aliphatic imine (C=N–C) groups is 1. The van der Waals surface area contributed by atoms with Crippen molar-refractivity contribution in [3.05, 3.63) is 101 Å². The number of carbonyl (C=O) groups is 2. The lowest BCUT2D eigenvalue weighted by atomic mass is 9.84. The summed E-state index contributed by atoms with van der Waals surface area (Å²) in [6, 6.07) is 24.6. The summed E-state index contributed by atoms with van der Waals surface area (Å²) < 4.78 is 10.5. The average molecular weight is 444 g/mol. The fourth-order valence-electron chi connectivity index (χ4n) is 3.64. The monoisotopic (exact) mass is 443 g/mol. The quantitative estimate of drug-likeness (QED) is 0.414. The molecule has 33 heavy (non-hydrogen) atoms. The van der Waals surface area contributed by atoms with Gasteiger partial charge >= 0.3 is 12.1 Å². The van der Waals surface area contributed by atoms with Crippen LogP contribution >= 0.6 is 0 Å². The number of hydrazine groups is 1. The Morgan fingerprint density at radius 2 is 1.70 bits per heavy atom. The zero-order valence-corrected chi connectivity index (χ0v) is 18.5. The van der Waals surface area contributed by atoms with Gasteiger partial charge in [0.1, 0.15) is 0 Å². The molecule has 7 heteroatoms. The molecular weight excluding hydrogens is 418 g/mol. The van der Waals surface area contributed by atoms with Gasteiger partial charge in [0.2, 0.25) is 5.90 Å². The van der Waals surface area contributed by atoms with Crippen molar-refractivity contribution in [2.75, 3.05) is 12.0 Å². The first kappa shape index (κ1) is 22.1. The van der Waals surface area contributed by atoms with E-state index in [0.29, 0.717) is 23.6 Å². The van der Waals surface area contributed by atoms with Gasteiger partial charge in [-0.05, 0) is 49.2 Å². The summed E-state index contributed by atoms with van der Waals surface area (Å²) in [6.45, 7) is 4.00. The van der Waals surface area contributed by atoms with Gasteiger partial charge in [-0.1, -0.05) is 60.2 Å². The van der Waals surface area contributed by atoms with E-state index in [1.54, 1.807) is 31.2 Å². The number of anilines is 1. The van der Waals surface area contributed by atoms with Crippen LogP contribution in [0.1, 0.15) is 29.2 Å². The normalized spacial score (nSPS) is 17.2. The van der Waals surface area contributed by atoms with Crippen molar-refractivity contribution >= 4 is 23.6 Å². The maximum Gasteiger partial charge on any atom is 0.425 e. The van der Waals surface area contributed by atoms with Crippen molar-refractivity contribution in [1.29, 1.82) is 0 Å². The van der Waals surface area contributed by atoms with Crippen LogP contribution in [0.15, 0.2) is 83.9 Å². The smallest absolute Gasteiger partial charge is 0.425 e. The highest BCUT2D eigenvalue weighted by molar-refractivity contribution is 6.08. The van der Waals surface area contributed by atoms with Crippen molar-refractivity contribution in [2.45, 2.75) is 25.8 Å². The molecule has 1 amide bonds. The van der Waals surface area contributed by atoms with Gasteiger partial charge in [0.25, 0.3) is 0 Å². The van der Waals surface area contributed by atoms with E-state index in [2.05, 4.69) is 10.9 Å². The molecule has 0 saturated carbocycles. The molecule has 0 saturated heterocycles. The van der Waals surface area contributed by atoms with E-state index in [9.17, 15) is 9.59 Å². The summed E-state index contributed by atoms with van der Waals surface area (Å²) in [5, 5.41) is 0. The van der Waals surface area contributed by atoms with Crippen molar-refractivity contribution in [2.24, 2.45) is 4.99 Å².